The monoisotopic (exact) mass is 359 g/mol. The molecule has 7 nitrogen and oxygen atoms in total. The number of fused-ring (bicyclic) bond motifs is 1. The molecule has 0 radical (unpaired) electrons. The second-order valence-corrected chi connectivity index (χ2v) is 6.00. The number of benzene rings is 2. The molecule has 0 aliphatic carbocycles. The van der Waals surface area contributed by atoms with E-state index in [9.17, 15) is 4.79 Å². The van der Waals surface area contributed by atoms with Gasteiger partial charge in [0.05, 0.1) is 0 Å². The molecule has 0 bridgehead atoms. The first kappa shape index (κ1) is 16.7. The fraction of sp³-hybridized carbons (Fsp3) is 0.100. The van der Waals surface area contributed by atoms with Crippen molar-refractivity contribution in [3.63, 3.8) is 0 Å². The maximum Gasteiger partial charge on any atom is 0.263 e. The van der Waals surface area contributed by atoms with Crippen LogP contribution in [0.15, 0.2) is 66.9 Å². The highest BCUT2D eigenvalue weighted by Gasteiger charge is 2.12. The number of anilines is 1. The van der Waals surface area contributed by atoms with Crippen molar-refractivity contribution in [2.24, 2.45) is 0 Å². The smallest absolute Gasteiger partial charge is 0.263 e. The van der Waals surface area contributed by atoms with Crippen LogP contribution in [0.1, 0.15) is 5.56 Å². The van der Waals surface area contributed by atoms with Crippen molar-refractivity contribution in [2.45, 2.75) is 6.92 Å². The molecule has 2 heterocycles. The summed E-state index contributed by atoms with van der Waals surface area (Å²) in [6.45, 7) is 1.83. The predicted octanol–water partition coefficient (Wildman–Crippen LogP) is 3.14. The zero-order valence-corrected chi connectivity index (χ0v) is 14.7. The van der Waals surface area contributed by atoms with E-state index in [0.29, 0.717) is 17.3 Å². The summed E-state index contributed by atoms with van der Waals surface area (Å²) in [6.07, 6.45) is 1.61. The second-order valence-electron chi connectivity index (χ2n) is 6.00. The van der Waals surface area contributed by atoms with Crippen LogP contribution in [-0.2, 0) is 4.79 Å². The van der Waals surface area contributed by atoms with Crippen LogP contribution in [0, 0.1) is 6.92 Å². The standard InChI is InChI=1S/C20H17N5O2/c1-14-9-10-18(27-13-20(26)22-19-8-4-5-11-21-19)17(12-14)25-23-15-6-2-3-7-16(15)24-25/h2-12H,13H2,1H3,(H,21,22,26). The predicted molar refractivity (Wildman–Crippen MR) is 102 cm³/mol. The number of pyridine rings is 1. The fourth-order valence-corrected chi connectivity index (χ4v) is 2.63. The number of nitrogens with zero attached hydrogens (tertiary/aromatic N) is 4. The van der Waals surface area contributed by atoms with Crippen LogP contribution in [-0.4, -0.2) is 32.5 Å². The molecule has 0 spiro atoms. The van der Waals surface area contributed by atoms with Gasteiger partial charge in [-0.25, -0.2) is 4.98 Å². The van der Waals surface area contributed by atoms with Crippen LogP contribution in [0.4, 0.5) is 5.82 Å². The fourth-order valence-electron chi connectivity index (χ4n) is 2.63. The molecular weight excluding hydrogens is 342 g/mol. The van der Waals surface area contributed by atoms with Crippen LogP contribution in [0.5, 0.6) is 5.75 Å². The van der Waals surface area contributed by atoms with E-state index in [0.717, 1.165) is 16.6 Å². The van der Waals surface area contributed by atoms with E-state index in [1.54, 1.807) is 24.4 Å². The summed E-state index contributed by atoms with van der Waals surface area (Å²) in [5.41, 5.74) is 3.30. The highest BCUT2D eigenvalue weighted by atomic mass is 16.5. The van der Waals surface area contributed by atoms with Gasteiger partial charge in [-0.1, -0.05) is 24.3 Å². The van der Waals surface area contributed by atoms with Gasteiger partial charge in [0, 0.05) is 6.20 Å². The maximum absolute atomic E-state index is 12.1. The third kappa shape index (κ3) is 3.77. The lowest BCUT2D eigenvalue weighted by Crippen LogP contribution is -2.21. The first-order chi connectivity index (χ1) is 13.2. The Labute approximate surface area is 155 Å². The average Bonchev–Trinajstić information content (AvgIpc) is 3.12. The van der Waals surface area contributed by atoms with E-state index in [1.807, 2.05) is 49.4 Å². The lowest BCUT2D eigenvalue weighted by Gasteiger charge is -2.11. The summed E-state index contributed by atoms with van der Waals surface area (Å²) in [7, 11) is 0. The van der Waals surface area contributed by atoms with Gasteiger partial charge in [0.25, 0.3) is 5.91 Å². The summed E-state index contributed by atoms with van der Waals surface area (Å²) >= 11 is 0. The Kier molecular flexibility index (Phi) is 4.49. The Morgan fingerprint density at radius 1 is 1.04 bits per heavy atom. The summed E-state index contributed by atoms with van der Waals surface area (Å²) in [4.78, 5) is 17.7. The first-order valence-corrected chi connectivity index (χ1v) is 8.46. The van der Waals surface area contributed by atoms with Gasteiger partial charge in [0.15, 0.2) is 6.61 Å². The summed E-state index contributed by atoms with van der Waals surface area (Å²) in [5.74, 6) is 0.714. The van der Waals surface area contributed by atoms with Crippen molar-refractivity contribution in [2.75, 3.05) is 11.9 Å². The summed E-state index contributed by atoms with van der Waals surface area (Å²) < 4.78 is 5.74. The molecule has 134 valence electrons. The van der Waals surface area contributed by atoms with Gasteiger partial charge in [-0.15, -0.1) is 15.0 Å². The highest BCUT2D eigenvalue weighted by molar-refractivity contribution is 5.91. The molecule has 4 aromatic rings. The van der Waals surface area contributed by atoms with Gasteiger partial charge in [-0.05, 0) is 48.9 Å². The van der Waals surface area contributed by atoms with Crippen molar-refractivity contribution < 1.29 is 9.53 Å². The molecule has 0 aliphatic rings. The molecule has 1 amide bonds. The van der Waals surface area contributed by atoms with Gasteiger partial charge in [-0.3, -0.25) is 4.79 Å². The van der Waals surface area contributed by atoms with Gasteiger partial charge < -0.3 is 10.1 Å². The minimum absolute atomic E-state index is 0.145. The van der Waals surface area contributed by atoms with Crippen molar-refractivity contribution in [1.82, 2.24) is 20.0 Å². The molecule has 0 unspecified atom stereocenters. The van der Waals surface area contributed by atoms with E-state index in [1.165, 1.54) is 4.80 Å². The molecular formula is C20H17N5O2. The number of hydrogen-bond acceptors (Lipinski definition) is 5. The number of nitrogens with one attached hydrogen (secondary N) is 1. The van der Waals surface area contributed by atoms with Gasteiger partial charge in [-0.2, -0.15) is 0 Å². The number of aryl methyl sites for hydroxylation is 1. The third-order valence-corrected chi connectivity index (χ3v) is 3.91. The van der Waals surface area contributed by atoms with Crippen LogP contribution in [0.2, 0.25) is 0 Å². The first-order valence-electron chi connectivity index (χ1n) is 8.46. The zero-order chi connectivity index (χ0) is 18.6. The van der Waals surface area contributed by atoms with E-state index >= 15 is 0 Å². The van der Waals surface area contributed by atoms with Gasteiger partial charge >= 0.3 is 0 Å². The molecule has 1 N–H and O–H groups in total. The number of aromatic nitrogens is 4. The second kappa shape index (κ2) is 7.25. The average molecular weight is 359 g/mol. The van der Waals surface area contributed by atoms with Crippen LogP contribution >= 0.6 is 0 Å². The summed E-state index contributed by atoms with van der Waals surface area (Å²) in [6, 6.07) is 18.6. The molecule has 0 aliphatic heterocycles. The topological polar surface area (TPSA) is 81.9 Å². The molecule has 0 saturated heterocycles. The summed E-state index contributed by atoms with van der Waals surface area (Å²) in [5, 5.41) is 11.7. The number of amides is 1. The Hall–Kier alpha value is -3.74. The van der Waals surface area contributed by atoms with Crippen LogP contribution in [0.3, 0.4) is 0 Å². The Balaban J connectivity index is 1.55. The minimum atomic E-state index is -0.293. The van der Waals surface area contributed by atoms with E-state index in [-0.39, 0.29) is 12.5 Å². The number of rotatable bonds is 5. The lowest BCUT2D eigenvalue weighted by atomic mass is 10.2. The van der Waals surface area contributed by atoms with Crippen LogP contribution in [0.25, 0.3) is 16.7 Å². The molecule has 0 saturated carbocycles. The highest BCUT2D eigenvalue weighted by Crippen LogP contribution is 2.24. The molecule has 2 aromatic heterocycles. The number of carbonyl (C=O) groups is 1. The Bertz CT molecular complexity index is 1060. The van der Waals surface area contributed by atoms with E-state index < -0.39 is 0 Å². The van der Waals surface area contributed by atoms with E-state index in [4.69, 9.17) is 4.74 Å². The lowest BCUT2D eigenvalue weighted by molar-refractivity contribution is -0.118. The molecule has 7 heteroatoms. The molecule has 0 fully saturated rings. The minimum Gasteiger partial charge on any atom is -0.481 e. The Morgan fingerprint density at radius 2 is 1.78 bits per heavy atom. The van der Waals surface area contributed by atoms with Crippen molar-refractivity contribution in [3.8, 4) is 11.4 Å². The number of hydrogen-bond donors (Lipinski definition) is 1. The number of ether oxygens (including phenoxy) is 1. The third-order valence-electron chi connectivity index (χ3n) is 3.91. The molecule has 27 heavy (non-hydrogen) atoms. The Morgan fingerprint density at radius 3 is 2.48 bits per heavy atom. The molecule has 0 atom stereocenters. The number of carbonyl (C=O) groups excluding carboxylic acids is 1. The largest absolute Gasteiger partial charge is 0.481 e. The SMILES string of the molecule is Cc1ccc(OCC(=O)Nc2ccccn2)c(-n2nc3ccccc3n2)c1. The molecule has 2 aromatic carbocycles. The van der Waals surface area contributed by atoms with Crippen molar-refractivity contribution >= 4 is 22.8 Å². The van der Waals surface area contributed by atoms with Crippen molar-refractivity contribution in [3.05, 3.63) is 72.4 Å². The quantitative estimate of drug-likeness (QED) is 0.592. The molecule has 4 rings (SSSR count). The van der Waals surface area contributed by atoms with Gasteiger partial charge in [0.2, 0.25) is 0 Å². The maximum atomic E-state index is 12.1. The zero-order valence-electron chi connectivity index (χ0n) is 14.7. The van der Waals surface area contributed by atoms with Crippen LogP contribution < -0.4 is 10.1 Å². The van der Waals surface area contributed by atoms with Crippen molar-refractivity contribution in [1.29, 1.82) is 0 Å². The normalized spacial score (nSPS) is 10.7. The van der Waals surface area contributed by atoms with E-state index in [2.05, 4.69) is 20.5 Å². The van der Waals surface area contributed by atoms with Gasteiger partial charge in [0.1, 0.15) is 28.3 Å².